The molecule has 7 N–H and O–H groups in total. The molecule has 1 fully saturated rings. The van der Waals surface area contributed by atoms with Crippen molar-refractivity contribution >= 4 is 11.0 Å². The van der Waals surface area contributed by atoms with Crippen molar-refractivity contribution in [2.24, 2.45) is 0 Å². The number of aromatic hydroxyl groups is 3. The Balaban J connectivity index is 1.85. The maximum atomic E-state index is 12.7. The monoisotopic (exact) mass is 432 g/mol. The Labute approximate surface area is 174 Å². The van der Waals surface area contributed by atoms with E-state index in [0.29, 0.717) is 5.56 Å². The Morgan fingerprint density at radius 2 is 1.58 bits per heavy atom. The van der Waals surface area contributed by atoms with Crippen LogP contribution in [-0.2, 0) is 4.74 Å². The molecule has 0 bridgehead atoms. The highest BCUT2D eigenvalue weighted by Crippen LogP contribution is 2.44. The van der Waals surface area contributed by atoms with Crippen LogP contribution in [0, 0.1) is 0 Å². The minimum absolute atomic E-state index is 0.0198. The van der Waals surface area contributed by atoms with Crippen molar-refractivity contribution in [2.75, 3.05) is 6.61 Å². The van der Waals surface area contributed by atoms with Crippen LogP contribution in [0.25, 0.3) is 22.3 Å². The van der Waals surface area contributed by atoms with Crippen molar-refractivity contribution in [2.45, 2.75) is 30.5 Å². The smallest absolute Gasteiger partial charge is 0.197 e. The van der Waals surface area contributed by atoms with Crippen LogP contribution in [0.15, 0.2) is 45.6 Å². The molecule has 10 nitrogen and oxygen atoms in total. The molecule has 1 saturated heterocycles. The molecular formula is C21H20O10. The fourth-order valence-electron chi connectivity index (χ4n) is 3.69. The van der Waals surface area contributed by atoms with Crippen LogP contribution in [0.1, 0.15) is 11.7 Å². The largest absolute Gasteiger partial charge is 0.508 e. The first-order chi connectivity index (χ1) is 14.7. The fourth-order valence-corrected chi connectivity index (χ4v) is 3.69. The predicted octanol–water partition coefficient (Wildman–Crippen LogP) is 0.0917. The highest BCUT2D eigenvalue weighted by molar-refractivity contribution is 5.88. The molecule has 2 aromatic carbocycles. The lowest BCUT2D eigenvalue weighted by molar-refractivity contribution is -0.232. The first kappa shape index (κ1) is 21.1. The highest BCUT2D eigenvalue weighted by Gasteiger charge is 2.46. The first-order valence-corrected chi connectivity index (χ1v) is 9.35. The summed E-state index contributed by atoms with van der Waals surface area (Å²) >= 11 is 0. The van der Waals surface area contributed by atoms with E-state index in [0.717, 1.165) is 12.1 Å². The normalized spacial score (nSPS) is 26.3. The van der Waals surface area contributed by atoms with Gasteiger partial charge < -0.3 is 44.9 Å². The zero-order valence-corrected chi connectivity index (χ0v) is 15.9. The lowest BCUT2D eigenvalue weighted by Gasteiger charge is -2.40. The van der Waals surface area contributed by atoms with Crippen molar-refractivity contribution in [3.63, 3.8) is 0 Å². The van der Waals surface area contributed by atoms with Gasteiger partial charge in [-0.25, -0.2) is 0 Å². The van der Waals surface area contributed by atoms with E-state index in [1.165, 1.54) is 24.3 Å². The van der Waals surface area contributed by atoms with Crippen molar-refractivity contribution in [1.29, 1.82) is 0 Å². The van der Waals surface area contributed by atoms with Gasteiger partial charge in [-0.15, -0.1) is 0 Å². The third kappa shape index (κ3) is 3.50. The summed E-state index contributed by atoms with van der Waals surface area (Å²) in [7, 11) is 0. The first-order valence-electron chi connectivity index (χ1n) is 9.35. The number of ether oxygens (including phenoxy) is 1. The van der Waals surface area contributed by atoms with Crippen LogP contribution < -0.4 is 5.43 Å². The van der Waals surface area contributed by atoms with E-state index in [9.17, 15) is 40.5 Å². The molecule has 3 aromatic rings. The number of benzene rings is 2. The van der Waals surface area contributed by atoms with E-state index >= 15 is 0 Å². The van der Waals surface area contributed by atoms with Gasteiger partial charge in [0.05, 0.1) is 12.2 Å². The average molecular weight is 432 g/mol. The summed E-state index contributed by atoms with van der Waals surface area (Å²) in [5, 5.41) is 70.0. The molecular weight excluding hydrogens is 412 g/mol. The van der Waals surface area contributed by atoms with Crippen LogP contribution in [0.2, 0.25) is 0 Å². The number of phenolic OH excluding ortho intramolecular Hbond substituents is 3. The molecule has 31 heavy (non-hydrogen) atoms. The van der Waals surface area contributed by atoms with Crippen LogP contribution in [0.3, 0.4) is 0 Å². The number of hydrogen-bond donors (Lipinski definition) is 7. The Kier molecular flexibility index (Phi) is 5.33. The van der Waals surface area contributed by atoms with E-state index in [1.54, 1.807) is 0 Å². The average Bonchev–Trinajstić information content (AvgIpc) is 2.73. The molecule has 0 spiro atoms. The predicted molar refractivity (Wildman–Crippen MR) is 106 cm³/mol. The lowest BCUT2D eigenvalue weighted by atomic mass is 9.89. The van der Waals surface area contributed by atoms with Gasteiger partial charge in [-0.1, -0.05) is 0 Å². The Morgan fingerprint density at radius 1 is 0.903 bits per heavy atom. The van der Waals surface area contributed by atoms with Crippen LogP contribution in [-0.4, -0.2) is 66.8 Å². The maximum absolute atomic E-state index is 12.7. The minimum atomic E-state index is -1.77. The summed E-state index contributed by atoms with van der Waals surface area (Å²) in [6, 6.07) is 8.00. The quantitative estimate of drug-likeness (QED) is 0.300. The van der Waals surface area contributed by atoms with Crippen molar-refractivity contribution in [3.8, 4) is 28.6 Å². The molecule has 4 rings (SSSR count). The van der Waals surface area contributed by atoms with Gasteiger partial charge in [0.25, 0.3) is 0 Å². The number of hydrogen-bond acceptors (Lipinski definition) is 10. The number of phenols is 3. The topological polar surface area (TPSA) is 181 Å². The Bertz CT molecular complexity index is 1170. The molecule has 1 aromatic heterocycles. The zero-order chi connectivity index (χ0) is 22.4. The molecule has 164 valence electrons. The highest BCUT2D eigenvalue weighted by atomic mass is 16.5. The van der Waals surface area contributed by atoms with Crippen molar-refractivity contribution in [3.05, 3.63) is 52.2 Å². The molecule has 10 heteroatoms. The second kappa shape index (κ2) is 7.84. The van der Waals surface area contributed by atoms with Gasteiger partial charge in [-0.05, 0) is 24.3 Å². The van der Waals surface area contributed by atoms with E-state index in [2.05, 4.69) is 0 Å². The van der Waals surface area contributed by atoms with Crippen LogP contribution in [0.4, 0.5) is 0 Å². The molecule has 2 unspecified atom stereocenters. The summed E-state index contributed by atoms with van der Waals surface area (Å²) in [6.45, 7) is -0.700. The molecule has 0 saturated carbocycles. The Morgan fingerprint density at radius 3 is 2.23 bits per heavy atom. The lowest BCUT2D eigenvalue weighted by Crippen LogP contribution is -2.55. The second-order valence-electron chi connectivity index (χ2n) is 7.30. The molecule has 0 amide bonds. The zero-order valence-electron chi connectivity index (χ0n) is 15.9. The molecule has 0 radical (unpaired) electrons. The Hall–Kier alpha value is -3.15. The van der Waals surface area contributed by atoms with E-state index in [1.807, 2.05) is 0 Å². The molecule has 2 heterocycles. The molecule has 0 aliphatic carbocycles. The third-order valence-electron chi connectivity index (χ3n) is 5.34. The van der Waals surface area contributed by atoms with Crippen molar-refractivity contribution < 1.29 is 44.9 Å². The number of aliphatic hydroxyl groups is 4. The van der Waals surface area contributed by atoms with Gasteiger partial charge >= 0.3 is 0 Å². The number of fused-ring (bicyclic) bond motifs is 1. The minimum Gasteiger partial charge on any atom is -0.508 e. The summed E-state index contributed by atoms with van der Waals surface area (Å²) in [5.41, 5.74) is -0.741. The van der Waals surface area contributed by atoms with Gasteiger partial charge in [0.1, 0.15) is 64.5 Å². The van der Waals surface area contributed by atoms with Gasteiger partial charge in [0.2, 0.25) is 0 Å². The van der Waals surface area contributed by atoms with E-state index in [4.69, 9.17) is 9.15 Å². The third-order valence-corrected chi connectivity index (χ3v) is 5.34. The van der Waals surface area contributed by atoms with Gasteiger partial charge in [0, 0.05) is 17.7 Å². The van der Waals surface area contributed by atoms with Crippen LogP contribution >= 0.6 is 0 Å². The maximum Gasteiger partial charge on any atom is 0.197 e. The summed E-state index contributed by atoms with van der Waals surface area (Å²) in [6.07, 6.45) is -7.95. The van der Waals surface area contributed by atoms with Crippen molar-refractivity contribution in [1.82, 2.24) is 0 Å². The standard InChI is InChI=1S/C21H20O10/c22-7-14-17(26)19(28)20(29)21(31-14)16-11(25)6-13-15(18(16)27)10(24)5-12(30-13)8-1-3-9(23)4-2-8/h1-6,14,17,19-23,25-29H,7H2/t14?,17-,19-,20?,21+/m0/s1. The van der Waals surface area contributed by atoms with Gasteiger partial charge in [0.15, 0.2) is 5.43 Å². The molecule has 1 aliphatic heterocycles. The number of rotatable bonds is 3. The summed E-state index contributed by atoms with van der Waals surface area (Å²) in [4.78, 5) is 12.7. The summed E-state index contributed by atoms with van der Waals surface area (Å²) < 4.78 is 11.0. The van der Waals surface area contributed by atoms with E-state index in [-0.39, 0.29) is 22.5 Å². The van der Waals surface area contributed by atoms with Crippen LogP contribution in [0.5, 0.6) is 17.2 Å². The molecule has 1 aliphatic rings. The second-order valence-corrected chi connectivity index (χ2v) is 7.30. The SMILES string of the molecule is O=c1cc(-c2ccc(O)cc2)oc2cc(O)c([C@H]3OC(CO)[C@H](O)[C@H](O)C3O)c(O)c12. The van der Waals surface area contributed by atoms with Gasteiger partial charge in [-0.2, -0.15) is 0 Å². The number of aliphatic hydroxyl groups excluding tert-OH is 4. The summed E-state index contributed by atoms with van der Waals surface area (Å²) in [5.74, 6) is -1.19. The fraction of sp³-hybridized carbons (Fsp3) is 0.286. The van der Waals surface area contributed by atoms with Gasteiger partial charge in [-0.3, -0.25) is 4.79 Å². The van der Waals surface area contributed by atoms with E-state index < -0.39 is 59.6 Å². The molecule has 5 atom stereocenters.